The van der Waals surface area contributed by atoms with E-state index in [1.165, 1.54) is 6.07 Å². The van der Waals surface area contributed by atoms with E-state index in [4.69, 9.17) is 4.74 Å². The molecule has 0 aliphatic carbocycles. The van der Waals surface area contributed by atoms with Crippen molar-refractivity contribution in [2.45, 2.75) is 0 Å². The molecule has 1 heterocycles. The highest BCUT2D eigenvalue weighted by Gasteiger charge is 2.13. The molecule has 0 unspecified atom stereocenters. The second-order valence-electron chi connectivity index (χ2n) is 6.53. The number of carbonyl (C=O) groups is 1. The standard InChI is InChI=1S/C24H19N3O3/c1-30-18-13-11-17(12-14-18)22-15-21(16-7-3-2-4-8-16)26-24(27-22)25-20-10-6-5-9-19(20)23(28)29/h2-15H,1H3,(H,28,29)(H,25,26,27). The summed E-state index contributed by atoms with van der Waals surface area (Å²) in [5.41, 5.74) is 3.84. The molecule has 0 amide bonds. The predicted octanol–water partition coefficient (Wildman–Crippen LogP) is 5.26. The van der Waals surface area contributed by atoms with Crippen molar-refractivity contribution in [2.75, 3.05) is 12.4 Å². The van der Waals surface area contributed by atoms with Gasteiger partial charge in [0.15, 0.2) is 0 Å². The van der Waals surface area contributed by atoms with Gasteiger partial charge in [-0.25, -0.2) is 14.8 Å². The molecule has 3 aromatic carbocycles. The number of anilines is 2. The van der Waals surface area contributed by atoms with Crippen LogP contribution in [0, 0.1) is 0 Å². The average molecular weight is 397 g/mol. The topological polar surface area (TPSA) is 84.3 Å². The smallest absolute Gasteiger partial charge is 0.337 e. The highest BCUT2D eigenvalue weighted by atomic mass is 16.5. The van der Waals surface area contributed by atoms with Gasteiger partial charge < -0.3 is 15.2 Å². The second kappa shape index (κ2) is 8.45. The van der Waals surface area contributed by atoms with Crippen molar-refractivity contribution in [3.05, 3.63) is 90.5 Å². The van der Waals surface area contributed by atoms with Crippen molar-refractivity contribution >= 4 is 17.6 Å². The van der Waals surface area contributed by atoms with Crippen LogP contribution in [-0.4, -0.2) is 28.2 Å². The lowest BCUT2D eigenvalue weighted by molar-refractivity contribution is 0.0698. The van der Waals surface area contributed by atoms with Gasteiger partial charge in [-0.15, -0.1) is 0 Å². The lowest BCUT2D eigenvalue weighted by Gasteiger charge is -2.12. The van der Waals surface area contributed by atoms with Crippen LogP contribution in [0.5, 0.6) is 5.75 Å². The third-order valence-corrected chi connectivity index (χ3v) is 4.59. The van der Waals surface area contributed by atoms with Gasteiger partial charge in [0.2, 0.25) is 5.95 Å². The molecule has 0 saturated heterocycles. The van der Waals surface area contributed by atoms with Gasteiger partial charge in [0.25, 0.3) is 0 Å². The Kier molecular flexibility index (Phi) is 5.39. The van der Waals surface area contributed by atoms with Crippen molar-refractivity contribution in [3.8, 4) is 28.3 Å². The van der Waals surface area contributed by atoms with Crippen molar-refractivity contribution in [2.24, 2.45) is 0 Å². The summed E-state index contributed by atoms with van der Waals surface area (Å²) in [5.74, 6) is 0.0494. The fourth-order valence-corrected chi connectivity index (χ4v) is 3.07. The Bertz CT molecular complexity index is 1180. The summed E-state index contributed by atoms with van der Waals surface area (Å²) in [6, 6.07) is 25.9. The van der Waals surface area contributed by atoms with E-state index >= 15 is 0 Å². The Hall–Kier alpha value is -4.19. The molecule has 148 valence electrons. The van der Waals surface area contributed by atoms with Gasteiger partial charge in [0.1, 0.15) is 5.75 Å². The molecule has 0 aliphatic heterocycles. The number of aromatic carboxylic acids is 1. The summed E-state index contributed by atoms with van der Waals surface area (Å²) in [5, 5.41) is 12.5. The SMILES string of the molecule is COc1ccc(-c2cc(-c3ccccc3)nc(Nc3ccccc3C(=O)O)n2)cc1. The number of hydrogen-bond donors (Lipinski definition) is 2. The molecule has 0 saturated carbocycles. The lowest BCUT2D eigenvalue weighted by Crippen LogP contribution is -2.05. The summed E-state index contributed by atoms with van der Waals surface area (Å²) in [6.45, 7) is 0. The summed E-state index contributed by atoms with van der Waals surface area (Å²) in [6.07, 6.45) is 0. The number of hydrogen-bond acceptors (Lipinski definition) is 5. The summed E-state index contributed by atoms with van der Waals surface area (Å²) < 4.78 is 5.24. The first-order valence-electron chi connectivity index (χ1n) is 9.32. The number of carboxylic acids is 1. The van der Waals surface area contributed by atoms with Gasteiger partial charge >= 0.3 is 5.97 Å². The van der Waals surface area contributed by atoms with Gasteiger partial charge in [-0.1, -0.05) is 42.5 Å². The Morgan fingerprint density at radius 3 is 2.07 bits per heavy atom. The van der Waals surface area contributed by atoms with Crippen molar-refractivity contribution in [1.29, 1.82) is 0 Å². The number of methoxy groups -OCH3 is 1. The lowest BCUT2D eigenvalue weighted by atomic mass is 10.1. The van der Waals surface area contributed by atoms with E-state index in [0.29, 0.717) is 17.3 Å². The van der Waals surface area contributed by atoms with Crippen molar-refractivity contribution in [1.82, 2.24) is 9.97 Å². The van der Waals surface area contributed by atoms with Crippen LogP contribution in [0.2, 0.25) is 0 Å². The van der Waals surface area contributed by atoms with E-state index in [1.807, 2.05) is 60.7 Å². The highest BCUT2D eigenvalue weighted by Crippen LogP contribution is 2.28. The zero-order valence-corrected chi connectivity index (χ0v) is 16.2. The molecule has 1 aromatic heterocycles. The van der Waals surface area contributed by atoms with E-state index in [0.717, 1.165) is 22.6 Å². The van der Waals surface area contributed by atoms with E-state index < -0.39 is 5.97 Å². The monoisotopic (exact) mass is 397 g/mol. The molecule has 4 aromatic rings. The molecule has 0 spiro atoms. The van der Waals surface area contributed by atoms with Crippen LogP contribution in [-0.2, 0) is 0 Å². The minimum Gasteiger partial charge on any atom is -0.497 e. The maximum absolute atomic E-state index is 11.6. The van der Waals surface area contributed by atoms with E-state index in [-0.39, 0.29) is 5.56 Å². The number of ether oxygens (including phenoxy) is 1. The summed E-state index contributed by atoms with van der Waals surface area (Å²) in [7, 11) is 1.62. The van der Waals surface area contributed by atoms with Crippen molar-refractivity contribution in [3.63, 3.8) is 0 Å². The maximum atomic E-state index is 11.6. The Balaban J connectivity index is 1.81. The first-order valence-corrected chi connectivity index (χ1v) is 9.32. The number of rotatable bonds is 6. The number of nitrogens with one attached hydrogen (secondary N) is 1. The quantitative estimate of drug-likeness (QED) is 0.462. The number of para-hydroxylation sites is 1. The van der Waals surface area contributed by atoms with Crippen LogP contribution >= 0.6 is 0 Å². The van der Waals surface area contributed by atoms with E-state index in [9.17, 15) is 9.90 Å². The third kappa shape index (κ3) is 4.12. The first-order chi connectivity index (χ1) is 14.6. The van der Waals surface area contributed by atoms with Crippen LogP contribution in [0.25, 0.3) is 22.5 Å². The Morgan fingerprint density at radius 2 is 1.43 bits per heavy atom. The van der Waals surface area contributed by atoms with Gasteiger partial charge in [-0.05, 0) is 42.5 Å². The molecule has 4 rings (SSSR count). The summed E-state index contributed by atoms with van der Waals surface area (Å²) in [4.78, 5) is 20.8. The molecular formula is C24H19N3O3. The fraction of sp³-hybridized carbons (Fsp3) is 0.0417. The van der Waals surface area contributed by atoms with Crippen molar-refractivity contribution < 1.29 is 14.6 Å². The van der Waals surface area contributed by atoms with Gasteiger partial charge in [0.05, 0.1) is 29.7 Å². The molecular weight excluding hydrogens is 378 g/mol. The van der Waals surface area contributed by atoms with Crippen LogP contribution in [0.4, 0.5) is 11.6 Å². The van der Waals surface area contributed by atoms with Crippen LogP contribution in [0.3, 0.4) is 0 Å². The van der Waals surface area contributed by atoms with E-state index in [2.05, 4.69) is 15.3 Å². The minimum atomic E-state index is -1.02. The Morgan fingerprint density at radius 1 is 0.833 bits per heavy atom. The second-order valence-corrected chi connectivity index (χ2v) is 6.53. The molecule has 0 radical (unpaired) electrons. The number of carboxylic acid groups (broad SMARTS) is 1. The molecule has 0 fully saturated rings. The number of benzene rings is 3. The summed E-state index contributed by atoms with van der Waals surface area (Å²) >= 11 is 0. The van der Waals surface area contributed by atoms with Crippen LogP contribution in [0.15, 0.2) is 84.9 Å². The number of nitrogens with zero attached hydrogens (tertiary/aromatic N) is 2. The Labute approximate surface area is 173 Å². The fourth-order valence-electron chi connectivity index (χ4n) is 3.07. The normalized spacial score (nSPS) is 10.4. The molecule has 30 heavy (non-hydrogen) atoms. The first kappa shape index (κ1) is 19.1. The van der Waals surface area contributed by atoms with Gasteiger partial charge in [-0.3, -0.25) is 0 Å². The van der Waals surface area contributed by atoms with Crippen LogP contribution < -0.4 is 10.1 Å². The average Bonchev–Trinajstić information content (AvgIpc) is 2.80. The molecule has 0 bridgehead atoms. The zero-order chi connectivity index (χ0) is 20.9. The largest absolute Gasteiger partial charge is 0.497 e. The van der Waals surface area contributed by atoms with Crippen LogP contribution in [0.1, 0.15) is 10.4 Å². The maximum Gasteiger partial charge on any atom is 0.337 e. The molecule has 6 nitrogen and oxygen atoms in total. The molecule has 6 heteroatoms. The highest BCUT2D eigenvalue weighted by molar-refractivity contribution is 5.95. The third-order valence-electron chi connectivity index (χ3n) is 4.59. The molecule has 0 aliphatic rings. The van der Waals surface area contributed by atoms with Gasteiger partial charge in [0, 0.05) is 11.1 Å². The minimum absolute atomic E-state index is 0.150. The van der Waals surface area contributed by atoms with E-state index in [1.54, 1.807) is 25.3 Å². The number of aromatic nitrogens is 2. The molecule has 0 atom stereocenters. The van der Waals surface area contributed by atoms with Gasteiger partial charge in [-0.2, -0.15) is 0 Å². The predicted molar refractivity (Wildman–Crippen MR) is 116 cm³/mol. The molecule has 2 N–H and O–H groups in total. The zero-order valence-electron chi connectivity index (χ0n) is 16.2.